The molecular formula is C14H15FN2O3. The smallest absolute Gasteiger partial charge is 0.339 e. The lowest BCUT2D eigenvalue weighted by atomic mass is 10.2. The van der Waals surface area contributed by atoms with Crippen LogP contribution in [-0.4, -0.2) is 28.0 Å². The summed E-state index contributed by atoms with van der Waals surface area (Å²) in [7, 11) is 1.40. The number of aryl methyl sites for hydroxylation is 1. The standard InChI is InChI=1S/C14H15FN2O3/c1-8-13(14(18)19)9(2)17(16-8)7-10-4-5-12(20-3)11(15)6-10/h4-6H,7H2,1-3H3,(H,18,19). The van der Waals surface area contributed by atoms with Gasteiger partial charge in [-0.1, -0.05) is 6.07 Å². The summed E-state index contributed by atoms with van der Waals surface area (Å²) in [5.74, 6) is -1.29. The van der Waals surface area contributed by atoms with E-state index in [0.717, 1.165) is 0 Å². The average Bonchev–Trinajstić information content (AvgIpc) is 2.64. The molecule has 2 aromatic rings. The van der Waals surface area contributed by atoms with Crippen LogP contribution in [0.2, 0.25) is 0 Å². The Bertz CT molecular complexity index is 665. The molecule has 0 saturated heterocycles. The van der Waals surface area contributed by atoms with Crippen molar-refractivity contribution in [1.29, 1.82) is 0 Å². The molecule has 0 aliphatic rings. The first-order valence-electron chi connectivity index (χ1n) is 6.03. The molecule has 20 heavy (non-hydrogen) atoms. The van der Waals surface area contributed by atoms with Crippen molar-refractivity contribution in [1.82, 2.24) is 9.78 Å². The monoisotopic (exact) mass is 278 g/mol. The average molecular weight is 278 g/mol. The van der Waals surface area contributed by atoms with Gasteiger partial charge in [0.15, 0.2) is 11.6 Å². The summed E-state index contributed by atoms with van der Waals surface area (Å²) >= 11 is 0. The first-order valence-corrected chi connectivity index (χ1v) is 6.03. The molecule has 0 aliphatic heterocycles. The topological polar surface area (TPSA) is 64.4 Å². The van der Waals surface area contributed by atoms with Gasteiger partial charge in [-0.05, 0) is 31.5 Å². The second-order valence-corrected chi connectivity index (χ2v) is 4.48. The highest BCUT2D eigenvalue weighted by Gasteiger charge is 2.17. The number of ether oxygens (including phenoxy) is 1. The van der Waals surface area contributed by atoms with E-state index >= 15 is 0 Å². The van der Waals surface area contributed by atoms with Crippen molar-refractivity contribution in [2.75, 3.05) is 7.11 Å². The van der Waals surface area contributed by atoms with Gasteiger partial charge in [0.25, 0.3) is 0 Å². The maximum absolute atomic E-state index is 13.6. The Morgan fingerprint density at radius 1 is 1.45 bits per heavy atom. The summed E-state index contributed by atoms with van der Waals surface area (Å²) in [6, 6.07) is 4.61. The van der Waals surface area contributed by atoms with Crippen molar-refractivity contribution in [3.05, 3.63) is 46.5 Å². The summed E-state index contributed by atoms with van der Waals surface area (Å²) in [6.07, 6.45) is 0. The van der Waals surface area contributed by atoms with Crippen LogP contribution < -0.4 is 4.74 Å². The molecule has 6 heteroatoms. The number of halogens is 1. The van der Waals surface area contributed by atoms with Crippen LogP contribution in [0, 0.1) is 19.7 Å². The Kier molecular flexibility index (Phi) is 3.74. The lowest BCUT2D eigenvalue weighted by molar-refractivity contribution is 0.0695. The molecular weight excluding hydrogens is 263 g/mol. The molecule has 1 aromatic carbocycles. The van der Waals surface area contributed by atoms with Crippen molar-refractivity contribution in [2.45, 2.75) is 20.4 Å². The number of rotatable bonds is 4. The molecule has 0 saturated carbocycles. The van der Waals surface area contributed by atoms with Crippen molar-refractivity contribution >= 4 is 5.97 Å². The number of aromatic nitrogens is 2. The third-order valence-electron chi connectivity index (χ3n) is 3.14. The number of carboxylic acid groups (broad SMARTS) is 1. The first-order chi connectivity index (χ1) is 9.43. The van der Waals surface area contributed by atoms with E-state index in [4.69, 9.17) is 9.84 Å². The quantitative estimate of drug-likeness (QED) is 0.932. The Labute approximate surface area is 115 Å². The molecule has 0 unspecified atom stereocenters. The highest BCUT2D eigenvalue weighted by atomic mass is 19.1. The maximum atomic E-state index is 13.6. The molecule has 0 spiro atoms. The van der Waals surface area contributed by atoms with Gasteiger partial charge in [0.1, 0.15) is 5.56 Å². The number of methoxy groups -OCH3 is 1. The van der Waals surface area contributed by atoms with Gasteiger partial charge in [-0.2, -0.15) is 5.10 Å². The number of hydrogen-bond acceptors (Lipinski definition) is 3. The van der Waals surface area contributed by atoms with Crippen LogP contribution in [0.1, 0.15) is 27.3 Å². The minimum absolute atomic E-state index is 0.174. The molecule has 0 amide bonds. The normalized spacial score (nSPS) is 10.6. The van der Waals surface area contributed by atoms with Gasteiger partial charge in [-0.3, -0.25) is 4.68 Å². The zero-order valence-corrected chi connectivity index (χ0v) is 11.5. The molecule has 5 nitrogen and oxygen atoms in total. The molecule has 106 valence electrons. The van der Waals surface area contributed by atoms with Gasteiger partial charge < -0.3 is 9.84 Å². The van der Waals surface area contributed by atoms with E-state index < -0.39 is 11.8 Å². The first kappa shape index (κ1) is 14.0. The fourth-order valence-corrected chi connectivity index (χ4v) is 2.14. The Morgan fingerprint density at radius 2 is 2.15 bits per heavy atom. The van der Waals surface area contributed by atoms with E-state index in [1.807, 2.05) is 0 Å². The molecule has 0 radical (unpaired) electrons. The van der Waals surface area contributed by atoms with Crippen LogP contribution >= 0.6 is 0 Å². The minimum atomic E-state index is -1.01. The summed E-state index contributed by atoms with van der Waals surface area (Å²) in [4.78, 5) is 11.1. The van der Waals surface area contributed by atoms with Crippen LogP contribution in [0.25, 0.3) is 0 Å². The number of benzene rings is 1. The van der Waals surface area contributed by atoms with Gasteiger partial charge in [-0.25, -0.2) is 9.18 Å². The predicted octanol–water partition coefficient (Wildman–Crippen LogP) is 2.39. The van der Waals surface area contributed by atoms with Crippen molar-refractivity contribution < 1.29 is 19.0 Å². The molecule has 0 atom stereocenters. The van der Waals surface area contributed by atoms with Crippen molar-refractivity contribution in [3.8, 4) is 5.75 Å². The van der Waals surface area contributed by atoms with Gasteiger partial charge in [0, 0.05) is 0 Å². The summed E-state index contributed by atoms with van der Waals surface area (Å²) in [5, 5.41) is 13.3. The third-order valence-corrected chi connectivity index (χ3v) is 3.14. The third kappa shape index (κ3) is 2.49. The SMILES string of the molecule is COc1ccc(Cn2nc(C)c(C(=O)O)c2C)cc1F. The van der Waals surface area contributed by atoms with Crippen molar-refractivity contribution in [2.24, 2.45) is 0 Å². The Morgan fingerprint density at radius 3 is 2.65 bits per heavy atom. The molecule has 1 aromatic heterocycles. The lowest BCUT2D eigenvalue weighted by Gasteiger charge is -2.07. The van der Waals surface area contributed by atoms with Crippen LogP contribution in [0.5, 0.6) is 5.75 Å². The Balaban J connectivity index is 2.33. The van der Waals surface area contributed by atoms with E-state index in [0.29, 0.717) is 23.5 Å². The van der Waals surface area contributed by atoms with E-state index in [9.17, 15) is 9.18 Å². The van der Waals surface area contributed by atoms with Crippen molar-refractivity contribution in [3.63, 3.8) is 0 Å². The number of carbonyl (C=O) groups is 1. The van der Waals surface area contributed by atoms with E-state index in [-0.39, 0.29) is 11.3 Å². The summed E-state index contributed by atoms with van der Waals surface area (Å²) in [6.45, 7) is 3.63. The predicted molar refractivity (Wildman–Crippen MR) is 70.7 cm³/mol. The molecule has 0 fully saturated rings. The van der Waals surface area contributed by atoms with E-state index in [2.05, 4.69) is 5.10 Å². The largest absolute Gasteiger partial charge is 0.494 e. The van der Waals surface area contributed by atoms with Gasteiger partial charge in [-0.15, -0.1) is 0 Å². The maximum Gasteiger partial charge on any atom is 0.339 e. The number of nitrogens with zero attached hydrogens (tertiary/aromatic N) is 2. The van der Waals surface area contributed by atoms with Gasteiger partial charge in [0.05, 0.1) is 25.0 Å². The van der Waals surface area contributed by atoms with Gasteiger partial charge in [0.2, 0.25) is 0 Å². The lowest BCUT2D eigenvalue weighted by Crippen LogP contribution is -2.06. The van der Waals surface area contributed by atoms with E-state index in [1.165, 1.54) is 19.2 Å². The number of carboxylic acids is 1. The second kappa shape index (κ2) is 5.32. The Hall–Kier alpha value is -2.37. The summed E-state index contributed by atoms with van der Waals surface area (Å²) < 4.78 is 20.0. The van der Waals surface area contributed by atoms with Crippen LogP contribution in [0.15, 0.2) is 18.2 Å². The number of aromatic carboxylic acids is 1. The van der Waals surface area contributed by atoms with E-state index in [1.54, 1.807) is 24.6 Å². The fraction of sp³-hybridized carbons (Fsp3) is 0.286. The van der Waals surface area contributed by atoms with Crippen LogP contribution in [0.4, 0.5) is 4.39 Å². The second-order valence-electron chi connectivity index (χ2n) is 4.48. The minimum Gasteiger partial charge on any atom is -0.494 e. The van der Waals surface area contributed by atoms with Crippen LogP contribution in [-0.2, 0) is 6.54 Å². The molecule has 0 aliphatic carbocycles. The highest BCUT2D eigenvalue weighted by molar-refractivity contribution is 5.90. The highest BCUT2D eigenvalue weighted by Crippen LogP contribution is 2.20. The molecule has 1 N–H and O–H groups in total. The zero-order chi connectivity index (χ0) is 14.9. The molecule has 0 bridgehead atoms. The van der Waals surface area contributed by atoms with Gasteiger partial charge >= 0.3 is 5.97 Å². The molecule has 1 heterocycles. The van der Waals surface area contributed by atoms with Crippen LogP contribution in [0.3, 0.4) is 0 Å². The fourth-order valence-electron chi connectivity index (χ4n) is 2.14. The molecule has 2 rings (SSSR count). The number of hydrogen-bond donors (Lipinski definition) is 1. The zero-order valence-electron chi connectivity index (χ0n) is 11.5. The summed E-state index contributed by atoms with van der Waals surface area (Å²) in [5.41, 5.74) is 1.88.